The Labute approximate surface area is 112 Å². The van der Waals surface area contributed by atoms with E-state index < -0.39 is 0 Å². The molecule has 0 atom stereocenters. The molecule has 0 saturated heterocycles. The van der Waals surface area contributed by atoms with Crippen LogP contribution in [0.3, 0.4) is 0 Å². The van der Waals surface area contributed by atoms with E-state index in [0.717, 1.165) is 24.2 Å². The Morgan fingerprint density at radius 1 is 1.37 bits per heavy atom. The number of rotatable bonds is 5. The quantitative estimate of drug-likeness (QED) is 0.838. The van der Waals surface area contributed by atoms with Crippen molar-refractivity contribution in [3.63, 3.8) is 0 Å². The van der Waals surface area contributed by atoms with Crippen molar-refractivity contribution in [2.75, 3.05) is 12.8 Å². The lowest BCUT2D eigenvalue weighted by Gasteiger charge is -2.03. The monoisotopic (exact) mass is 261 g/mol. The lowest BCUT2D eigenvalue weighted by molar-refractivity contribution is 0.414. The van der Waals surface area contributed by atoms with Gasteiger partial charge in [0.05, 0.1) is 12.7 Å². The van der Waals surface area contributed by atoms with Gasteiger partial charge in [0.15, 0.2) is 5.82 Å². The zero-order valence-corrected chi connectivity index (χ0v) is 11.5. The summed E-state index contributed by atoms with van der Waals surface area (Å²) >= 11 is 0. The maximum Gasteiger partial charge on any atom is 0.260 e. The van der Waals surface area contributed by atoms with Crippen LogP contribution in [-0.4, -0.2) is 17.3 Å². The zero-order valence-electron chi connectivity index (χ0n) is 11.5. The van der Waals surface area contributed by atoms with E-state index in [1.54, 1.807) is 13.2 Å². The van der Waals surface area contributed by atoms with Crippen molar-refractivity contribution in [2.45, 2.75) is 26.7 Å². The molecule has 0 saturated carbocycles. The number of anilines is 1. The van der Waals surface area contributed by atoms with Crippen molar-refractivity contribution in [3.8, 4) is 17.2 Å². The van der Waals surface area contributed by atoms with Crippen LogP contribution < -0.4 is 10.5 Å². The molecule has 1 aromatic carbocycles. The summed E-state index contributed by atoms with van der Waals surface area (Å²) in [6.45, 7) is 4.34. The first-order chi connectivity index (χ1) is 9.10. The summed E-state index contributed by atoms with van der Waals surface area (Å²) < 4.78 is 10.4. The highest BCUT2D eigenvalue weighted by Crippen LogP contribution is 2.28. The lowest BCUT2D eigenvalue weighted by atomic mass is 10.1. The van der Waals surface area contributed by atoms with Crippen molar-refractivity contribution in [2.24, 2.45) is 5.92 Å². The summed E-state index contributed by atoms with van der Waals surface area (Å²) in [4.78, 5) is 4.37. The molecule has 0 unspecified atom stereocenters. The van der Waals surface area contributed by atoms with Gasteiger partial charge in [0.25, 0.3) is 5.89 Å². The van der Waals surface area contributed by atoms with Gasteiger partial charge in [0.2, 0.25) is 0 Å². The molecule has 0 aliphatic rings. The molecule has 0 radical (unpaired) electrons. The van der Waals surface area contributed by atoms with E-state index in [1.807, 2.05) is 12.1 Å². The minimum atomic E-state index is 0.457. The van der Waals surface area contributed by atoms with E-state index in [0.29, 0.717) is 23.2 Å². The molecular formula is C14H19N3O2. The molecule has 1 aromatic heterocycles. The normalized spacial score (nSPS) is 10.9. The minimum Gasteiger partial charge on any atom is -0.497 e. The van der Waals surface area contributed by atoms with Crippen molar-refractivity contribution in [1.29, 1.82) is 0 Å². The Bertz CT molecular complexity index is 549. The van der Waals surface area contributed by atoms with E-state index in [2.05, 4.69) is 24.0 Å². The summed E-state index contributed by atoms with van der Waals surface area (Å²) in [5, 5.41) is 3.98. The van der Waals surface area contributed by atoms with Crippen LogP contribution in [-0.2, 0) is 6.42 Å². The van der Waals surface area contributed by atoms with Crippen molar-refractivity contribution in [3.05, 3.63) is 24.0 Å². The molecule has 2 rings (SSSR count). The molecule has 5 heteroatoms. The van der Waals surface area contributed by atoms with Crippen LogP contribution in [0.2, 0.25) is 0 Å². The van der Waals surface area contributed by atoms with Crippen LogP contribution in [0.15, 0.2) is 22.7 Å². The maximum atomic E-state index is 5.95. The first kappa shape index (κ1) is 13.4. The molecule has 0 bridgehead atoms. The number of aromatic nitrogens is 2. The molecule has 19 heavy (non-hydrogen) atoms. The summed E-state index contributed by atoms with van der Waals surface area (Å²) in [5.41, 5.74) is 7.26. The fraction of sp³-hybridized carbons (Fsp3) is 0.429. The highest BCUT2D eigenvalue weighted by Gasteiger charge is 2.12. The topological polar surface area (TPSA) is 74.2 Å². The molecule has 5 nitrogen and oxygen atoms in total. The third kappa shape index (κ3) is 3.24. The Kier molecular flexibility index (Phi) is 4.04. The van der Waals surface area contributed by atoms with Crippen LogP contribution in [0.25, 0.3) is 11.5 Å². The molecule has 0 aliphatic carbocycles. The number of nitrogens with zero attached hydrogens (tertiary/aromatic N) is 2. The van der Waals surface area contributed by atoms with Gasteiger partial charge in [-0.1, -0.05) is 19.0 Å². The maximum absolute atomic E-state index is 5.95. The third-order valence-electron chi connectivity index (χ3n) is 2.90. The SMILES string of the molecule is COc1ccc(-c2nc(CCC(C)C)no2)c(N)c1. The van der Waals surface area contributed by atoms with E-state index in [-0.39, 0.29) is 0 Å². The predicted molar refractivity (Wildman–Crippen MR) is 73.9 cm³/mol. The number of hydrogen-bond acceptors (Lipinski definition) is 5. The van der Waals surface area contributed by atoms with E-state index in [1.165, 1.54) is 0 Å². The van der Waals surface area contributed by atoms with Gasteiger partial charge in [0.1, 0.15) is 5.75 Å². The number of methoxy groups -OCH3 is 1. The van der Waals surface area contributed by atoms with Crippen LogP contribution in [0.1, 0.15) is 26.1 Å². The predicted octanol–water partition coefficient (Wildman–Crippen LogP) is 2.92. The fourth-order valence-corrected chi connectivity index (χ4v) is 1.75. The van der Waals surface area contributed by atoms with Gasteiger partial charge in [-0.25, -0.2) is 0 Å². The summed E-state index contributed by atoms with van der Waals surface area (Å²) in [6.07, 6.45) is 1.86. The molecule has 0 spiro atoms. The van der Waals surface area contributed by atoms with E-state index in [9.17, 15) is 0 Å². The average molecular weight is 261 g/mol. The molecule has 2 N–H and O–H groups in total. The van der Waals surface area contributed by atoms with Gasteiger partial charge in [-0.15, -0.1) is 0 Å². The lowest BCUT2D eigenvalue weighted by Crippen LogP contribution is -1.95. The van der Waals surface area contributed by atoms with Crippen LogP contribution in [0, 0.1) is 5.92 Å². The van der Waals surface area contributed by atoms with Gasteiger partial charge >= 0.3 is 0 Å². The van der Waals surface area contributed by atoms with Gasteiger partial charge < -0.3 is 15.0 Å². The second kappa shape index (κ2) is 5.73. The molecule has 0 aliphatic heterocycles. The van der Waals surface area contributed by atoms with Gasteiger partial charge in [-0.05, 0) is 24.5 Å². The van der Waals surface area contributed by atoms with Gasteiger partial charge in [-0.2, -0.15) is 4.98 Å². The number of nitrogen functional groups attached to an aromatic ring is 1. The number of ether oxygens (including phenoxy) is 1. The van der Waals surface area contributed by atoms with Gasteiger partial charge in [-0.3, -0.25) is 0 Å². The van der Waals surface area contributed by atoms with Crippen molar-refractivity contribution < 1.29 is 9.26 Å². The molecular weight excluding hydrogens is 242 g/mol. The zero-order chi connectivity index (χ0) is 13.8. The highest BCUT2D eigenvalue weighted by atomic mass is 16.5. The first-order valence-corrected chi connectivity index (χ1v) is 6.36. The smallest absolute Gasteiger partial charge is 0.260 e. The summed E-state index contributed by atoms with van der Waals surface area (Å²) in [7, 11) is 1.60. The van der Waals surface area contributed by atoms with Crippen molar-refractivity contribution >= 4 is 5.69 Å². The largest absolute Gasteiger partial charge is 0.497 e. The molecule has 1 heterocycles. The minimum absolute atomic E-state index is 0.457. The van der Waals surface area contributed by atoms with Gasteiger partial charge in [0, 0.05) is 18.2 Å². The van der Waals surface area contributed by atoms with Crippen LogP contribution >= 0.6 is 0 Å². The molecule has 102 valence electrons. The van der Waals surface area contributed by atoms with E-state index >= 15 is 0 Å². The summed E-state index contributed by atoms with van der Waals surface area (Å²) in [6, 6.07) is 5.39. The molecule has 0 fully saturated rings. The fourth-order valence-electron chi connectivity index (χ4n) is 1.75. The second-order valence-electron chi connectivity index (χ2n) is 4.90. The highest BCUT2D eigenvalue weighted by molar-refractivity contribution is 5.71. The Balaban J connectivity index is 2.18. The number of hydrogen-bond donors (Lipinski definition) is 1. The average Bonchev–Trinajstić information content (AvgIpc) is 2.84. The first-order valence-electron chi connectivity index (χ1n) is 6.36. The Hall–Kier alpha value is -2.04. The number of benzene rings is 1. The number of nitrogens with two attached hydrogens (primary N) is 1. The van der Waals surface area contributed by atoms with Crippen LogP contribution in [0.4, 0.5) is 5.69 Å². The summed E-state index contributed by atoms with van der Waals surface area (Å²) in [5.74, 6) is 2.51. The Morgan fingerprint density at radius 3 is 2.79 bits per heavy atom. The molecule has 0 amide bonds. The van der Waals surface area contributed by atoms with Crippen LogP contribution in [0.5, 0.6) is 5.75 Å². The molecule has 2 aromatic rings. The third-order valence-corrected chi connectivity index (χ3v) is 2.90. The second-order valence-corrected chi connectivity index (χ2v) is 4.90. The Morgan fingerprint density at radius 2 is 2.16 bits per heavy atom. The van der Waals surface area contributed by atoms with E-state index in [4.69, 9.17) is 15.0 Å². The van der Waals surface area contributed by atoms with Crippen molar-refractivity contribution in [1.82, 2.24) is 10.1 Å². The standard InChI is InChI=1S/C14H19N3O2/c1-9(2)4-7-13-16-14(19-17-13)11-6-5-10(18-3)8-12(11)15/h5-6,8-9H,4,7,15H2,1-3H3. The number of aryl methyl sites for hydroxylation is 1.